The minimum atomic E-state index is 0.0636. The molecule has 1 atom stereocenters. The Bertz CT molecular complexity index is 418. The standard InChI is InChI=1S/C18H27NO/c1-3-4-8-17(16-11-9-15(2)10-12-16)18(20)19-13-6-5-7-14-19/h9-12,17H,3-8,13-14H2,1-2H3. The van der Waals surface area contributed by atoms with Gasteiger partial charge in [0.2, 0.25) is 5.91 Å². The lowest BCUT2D eigenvalue weighted by Crippen LogP contribution is -2.38. The van der Waals surface area contributed by atoms with Gasteiger partial charge >= 0.3 is 0 Å². The number of nitrogens with zero attached hydrogens (tertiary/aromatic N) is 1. The molecule has 1 unspecified atom stereocenters. The van der Waals surface area contributed by atoms with Crippen LogP contribution in [0, 0.1) is 6.92 Å². The molecule has 2 rings (SSSR count). The van der Waals surface area contributed by atoms with Crippen LogP contribution in [0.1, 0.15) is 62.5 Å². The normalized spacial score (nSPS) is 17.0. The van der Waals surface area contributed by atoms with Crippen molar-refractivity contribution in [3.8, 4) is 0 Å². The highest BCUT2D eigenvalue weighted by Crippen LogP contribution is 2.26. The minimum absolute atomic E-state index is 0.0636. The molecule has 2 heteroatoms. The average Bonchev–Trinajstić information content (AvgIpc) is 2.50. The molecular formula is C18H27NO. The maximum Gasteiger partial charge on any atom is 0.230 e. The summed E-state index contributed by atoms with van der Waals surface area (Å²) < 4.78 is 0. The van der Waals surface area contributed by atoms with Crippen molar-refractivity contribution in [3.05, 3.63) is 35.4 Å². The molecule has 110 valence electrons. The van der Waals surface area contributed by atoms with Crippen LogP contribution >= 0.6 is 0 Å². The predicted molar refractivity (Wildman–Crippen MR) is 83.9 cm³/mol. The molecule has 0 aromatic heterocycles. The molecule has 0 spiro atoms. The lowest BCUT2D eigenvalue weighted by molar-refractivity contribution is -0.133. The SMILES string of the molecule is CCCCC(C(=O)N1CCCCC1)c1ccc(C)cc1. The van der Waals surface area contributed by atoms with Crippen LogP contribution in [0.2, 0.25) is 0 Å². The van der Waals surface area contributed by atoms with Crippen LogP contribution in [0.4, 0.5) is 0 Å². The van der Waals surface area contributed by atoms with E-state index in [9.17, 15) is 4.79 Å². The summed E-state index contributed by atoms with van der Waals surface area (Å²) in [5.41, 5.74) is 2.45. The van der Waals surface area contributed by atoms with E-state index in [1.54, 1.807) is 0 Å². The number of unbranched alkanes of at least 4 members (excludes halogenated alkanes) is 1. The van der Waals surface area contributed by atoms with E-state index in [0.717, 1.165) is 32.4 Å². The average molecular weight is 273 g/mol. The summed E-state index contributed by atoms with van der Waals surface area (Å²) in [6.07, 6.45) is 6.86. The zero-order valence-electron chi connectivity index (χ0n) is 12.9. The highest BCUT2D eigenvalue weighted by Gasteiger charge is 2.26. The monoisotopic (exact) mass is 273 g/mol. The second-order valence-electron chi connectivity index (χ2n) is 5.99. The number of piperidine rings is 1. The van der Waals surface area contributed by atoms with E-state index in [0.29, 0.717) is 5.91 Å². The summed E-state index contributed by atoms with van der Waals surface area (Å²) in [6, 6.07) is 8.52. The van der Waals surface area contributed by atoms with E-state index in [-0.39, 0.29) is 5.92 Å². The molecule has 0 bridgehead atoms. The summed E-state index contributed by atoms with van der Waals surface area (Å²) in [5.74, 6) is 0.413. The van der Waals surface area contributed by atoms with Crippen LogP contribution in [0.25, 0.3) is 0 Å². The van der Waals surface area contributed by atoms with E-state index in [1.165, 1.54) is 30.4 Å². The predicted octanol–water partition coefficient (Wildman–Crippen LogP) is 4.28. The first-order valence-corrected chi connectivity index (χ1v) is 8.07. The molecule has 1 amide bonds. The zero-order chi connectivity index (χ0) is 14.4. The van der Waals surface area contributed by atoms with E-state index >= 15 is 0 Å². The Kier molecular flexibility index (Phi) is 5.63. The Balaban J connectivity index is 2.13. The Morgan fingerprint density at radius 3 is 2.40 bits per heavy atom. The molecule has 1 heterocycles. The fourth-order valence-electron chi connectivity index (χ4n) is 2.97. The number of benzene rings is 1. The van der Waals surface area contributed by atoms with Gasteiger partial charge < -0.3 is 4.90 Å². The van der Waals surface area contributed by atoms with E-state index in [1.807, 2.05) is 0 Å². The van der Waals surface area contributed by atoms with Crippen molar-refractivity contribution < 1.29 is 4.79 Å². The fourth-order valence-corrected chi connectivity index (χ4v) is 2.97. The summed E-state index contributed by atoms with van der Waals surface area (Å²) in [5, 5.41) is 0. The van der Waals surface area contributed by atoms with Gasteiger partial charge in [-0.25, -0.2) is 0 Å². The van der Waals surface area contributed by atoms with Crippen molar-refractivity contribution in [1.29, 1.82) is 0 Å². The highest BCUT2D eigenvalue weighted by molar-refractivity contribution is 5.83. The number of aryl methyl sites for hydroxylation is 1. The smallest absolute Gasteiger partial charge is 0.230 e. The second kappa shape index (κ2) is 7.47. The second-order valence-corrected chi connectivity index (χ2v) is 5.99. The van der Waals surface area contributed by atoms with Gasteiger partial charge in [0.15, 0.2) is 0 Å². The highest BCUT2D eigenvalue weighted by atomic mass is 16.2. The van der Waals surface area contributed by atoms with Crippen LogP contribution in [0.3, 0.4) is 0 Å². The summed E-state index contributed by atoms with van der Waals surface area (Å²) in [7, 11) is 0. The number of rotatable bonds is 5. The lowest BCUT2D eigenvalue weighted by atomic mass is 9.91. The molecule has 1 aliphatic heterocycles. The zero-order valence-corrected chi connectivity index (χ0v) is 12.9. The molecule has 0 aliphatic carbocycles. The van der Waals surface area contributed by atoms with Gasteiger partial charge in [-0.3, -0.25) is 4.79 Å². The summed E-state index contributed by atoms with van der Waals surface area (Å²) in [6.45, 7) is 6.19. The van der Waals surface area contributed by atoms with Gasteiger partial charge in [-0.1, -0.05) is 49.6 Å². The maximum absolute atomic E-state index is 12.8. The summed E-state index contributed by atoms with van der Waals surface area (Å²) in [4.78, 5) is 14.9. The molecule has 1 fully saturated rings. The number of carbonyl (C=O) groups is 1. The lowest BCUT2D eigenvalue weighted by Gasteiger charge is -2.30. The van der Waals surface area contributed by atoms with Gasteiger partial charge in [-0.2, -0.15) is 0 Å². The molecule has 1 saturated heterocycles. The Morgan fingerprint density at radius 2 is 1.80 bits per heavy atom. The number of amides is 1. The van der Waals surface area contributed by atoms with Crippen molar-refractivity contribution in [2.45, 2.75) is 58.3 Å². The van der Waals surface area contributed by atoms with Crippen molar-refractivity contribution in [2.75, 3.05) is 13.1 Å². The van der Waals surface area contributed by atoms with E-state index in [4.69, 9.17) is 0 Å². The molecule has 20 heavy (non-hydrogen) atoms. The Morgan fingerprint density at radius 1 is 1.15 bits per heavy atom. The molecule has 0 saturated carbocycles. The number of hydrogen-bond donors (Lipinski definition) is 0. The van der Waals surface area contributed by atoms with Crippen LogP contribution in [-0.2, 0) is 4.79 Å². The third kappa shape index (κ3) is 3.84. The minimum Gasteiger partial charge on any atom is -0.342 e. The van der Waals surface area contributed by atoms with Crippen LogP contribution in [0.5, 0.6) is 0 Å². The first kappa shape index (κ1) is 15.1. The molecule has 1 aromatic rings. The van der Waals surface area contributed by atoms with Gasteiger partial charge in [-0.05, 0) is 38.2 Å². The van der Waals surface area contributed by atoms with Crippen molar-refractivity contribution in [1.82, 2.24) is 4.90 Å². The van der Waals surface area contributed by atoms with Gasteiger partial charge in [0.05, 0.1) is 5.92 Å². The van der Waals surface area contributed by atoms with Crippen LogP contribution in [-0.4, -0.2) is 23.9 Å². The number of likely N-dealkylation sites (tertiary alicyclic amines) is 1. The van der Waals surface area contributed by atoms with Crippen molar-refractivity contribution in [3.63, 3.8) is 0 Å². The van der Waals surface area contributed by atoms with E-state index < -0.39 is 0 Å². The van der Waals surface area contributed by atoms with Crippen LogP contribution < -0.4 is 0 Å². The van der Waals surface area contributed by atoms with E-state index in [2.05, 4.69) is 43.0 Å². The molecule has 0 radical (unpaired) electrons. The van der Waals surface area contributed by atoms with Crippen LogP contribution in [0.15, 0.2) is 24.3 Å². The largest absolute Gasteiger partial charge is 0.342 e. The third-order valence-electron chi connectivity index (χ3n) is 4.29. The van der Waals surface area contributed by atoms with Gasteiger partial charge in [0.25, 0.3) is 0 Å². The summed E-state index contributed by atoms with van der Waals surface area (Å²) >= 11 is 0. The maximum atomic E-state index is 12.8. The first-order valence-electron chi connectivity index (χ1n) is 8.07. The topological polar surface area (TPSA) is 20.3 Å². The molecule has 1 aliphatic rings. The quantitative estimate of drug-likeness (QED) is 0.784. The fraction of sp³-hybridized carbons (Fsp3) is 0.611. The van der Waals surface area contributed by atoms with Gasteiger partial charge in [-0.15, -0.1) is 0 Å². The van der Waals surface area contributed by atoms with Crippen molar-refractivity contribution in [2.24, 2.45) is 0 Å². The first-order chi connectivity index (χ1) is 9.72. The third-order valence-corrected chi connectivity index (χ3v) is 4.29. The number of hydrogen-bond acceptors (Lipinski definition) is 1. The van der Waals surface area contributed by atoms with Gasteiger partial charge in [0, 0.05) is 13.1 Å². The molecule has 1 aromatic carbocycles. The number of carbonyl (C=O) groups excluding carboxylic acids is 1. The molecule has 0 N–H and O–H groups in total. The van der Waals surface area contributed by atoms with Crippen molar-refractivity contribution >= 4 is 5.91 Å². The molecular weight excluding hydrogens is 246 g/mol. The Hall–Kier alpha value is -1.31. The Labute approximate surface area is 123 Å². The molecule has 2 nitrogen and oxygen atoms in total. The van der Waals surface area contributed by atoms with Gasteiger partial charge in [0.1, 0.15) is 0 Å².